The lowest BCUT2D eigenvalue weighted by molar-refractivity contribution is 0.395. The van der Waals surface area contributed by atoms with Crippen LogP contribution < -0.4 is 5.32 Å². The molecule has 0 spiro atoms. The number of hydrogen-bond acceptors (Lipinski definition) is 1. The standard InChI is InChI=1S/C17H21N/c1-13-9-10-17(2,18-13)12-14-7-8-15-5-3-4-6-16(15)11-14/h3-8,11,13,18H,9-10,12H2,1-2H3. The van der Waals surface area contributed by atoms with E-state index in [2.05, 4.69) is 61.6 Å². The fourth-order valence-corrected chi connectivity index (χ4v) is 3.21. The average Bonchev–Trinajstić information content (AvgIpc) is 2.69. The van der Waals surface area contributed by atoms with E-state index in [0.29, 0.717) is 6.04 Å². The highest BCUT2D eigenvalue weighted by molar-refractivity contribution is 5.83. The first-order chi connectivity index (χ1) is 8.65. The third-order valence-corrected chi connectivity index (χ3v) is 4.13. The van der Waals surface area contributed by atoms with E-state index in [4.69, 9.17) is 0 Å². The molecule has 0 bridgehead atoms. The number of benzene rings is 2. The van der Waals surface area contributed by atoms with Crippen LogP contribution >= 0.6 is 0 Å². The molecule has 1 heteroatoms. The Morgan fingerprint density at radius 1 is 1.17 bits per heavy atom. The van der Waals surface area contributed by atoms with E-state index in [9.17, 15) is 0 Å². The molecule has 0 aromatic heterocycles. The monoisotopic (exact) mass is 239 g/mol. The maximum Gasteiger partial charge on any atom is 0.0196 e. The van der Waals surface area contributed by atoms with Crippen LogP contribution in [0.2, 0.25) is 0 Å². The Hall–Kier alpha value is -1.34. The molecule has 1 aliphatic heterocycles. The van der Waals surface area contributed by atoms with Gasteiger partial charge in [-0.05, 0) is 49.4 Å². The van der Waals surface area contributed by atoms with E-state index >= 15 is 0 Å². The molecular weight excluding hydrogens is 218 g/mol. The molecule has 2 unspecified atom stereocenters. The first-order valence-corrected chi connectivity index (χ1v) is 6.90. The van der Waals surface area contributed by atoms with Crippen molar-refractivity contribution in [3.63, 3.8) is 0 Å². The molecule has 0 aliphatic carbocycles. The minimum atomic E-state index is 0.280. The summed E-state index contributed by atoms with van der Waals surface area (Å²) in [5.41, 5.74) is 1.72. The van der Waals surface area contributed by atoms with Gasteiger partial charge in [0.05, 0.1) is 0 Å². The maximum atomic E-state index is 3.73. The van der Waals surface area contributed by atoms with E-state index in [-0.39, 0.29) is 5.54 Å². The zero-order valence-electron chi connectivity index (χ0n) is 11.2. The van der Waals surface area contributed by atoms with Crippen molar-refractivity contribution in [2.45, 2.75) is 44.7 Å². The van der Waals surface area contributed by atoms with Gasteiger partial charge in [0.15, 0.2) is 0 Å². The fourth-order valence-electron chi connectivity index (χ4n) is 3.21. The molecule has 0 radical (unpaired) electrons. The van der Waals surface area contributed by atoms with Crippen LogP contribution in [0, 0.1) is 0 Å². The Morgan fingerprint density at radius 2 is 1.94 bits per heavy atom. The SMILES string of the molecule is CC1CCC(C)(Cc2ccc3ccccc3c2)N1. The first-order valence-electron chi connectivity index (χ1n) is 6.90. The maximum absolute atomic E-state index is 3.73. The minimum Gasteiger partial charge on any atom is -0.309 e. The molecule has 0 amide bonds. The third kappa shape index (κ3) is 2.28. The molecule has 94 valence electrons. The molecule has 18 heavy (non-hydrogen) atoms. The summed E-state index contributed by atoms with van der Waals surface area (Å²) in [6.45, 7) is 4.64. The van der Waals surface area contributed by atoms with Crippen LogP contribution in [0.15, 0.2) is 42.5 Å². The second-order valence-corrected chi connectivity index (χ2v) is 6.00. The van der Waals surface area contributed by atoms with Gasteiger partial charge in [0, 0.05) is 11.6 Å². The van der Waals surface area contributed by atoms with Gasteiger partial charge in [-0.25, -0.2) is 0 Å². The fraction of sp³-hybridized carbons (Fsp3) is 0.412. The van der Waals surface area contributed by atoms with Crippen molar-refractivity contribution in [2.75, 3.05) is 0 Å². The van der Waals surface area contributed by atoms with Crippen molar-refractivity contribution in [3.05, 3.63) is 48.0 Å². The number of nitrogens with one attached hydrogen (secondary N) is 1. The molecule has 0 saturated carbocycles. The smallest absolute Gasteiger partial charge is 0.0196 e. The number of hydrogen-bond donors (Lipinski definition) is 1. The topological polar surface area (TPSA) is 12.0 Å². The molecule has 1 fully saturated rings. The highest BCUT2D eigenvalue weighted by Crippen LogP contribution is 2.27. The molecule has 1 N–H and O–H groups in total. The van der Waals surface area contributed by atoms with E-state index in [0.717, 1.165) is 6.42 Å². The summed E-state index contributed by atoms with van der Waals surface area (Å²) < 4.78 is 0. The van der Waals surface area contributed by atoms with Crippen molar-refractivity contribution < 1.29 is 0 Å². The van der Waals surface area contributed by atoms with Gasteiger partial charge in [-0.3, -0.25) is 0 Å². The van der Waals surface area contributed by atoms with Crippen LogP contribution in [0.25, 0.3) is 10.8 Å². The Bertz CT molecular complexity index is 560. The van der Waals surface area contributed by atoms with Gasteiger partial charge in [0.2, 0.25) is 0 Å². The quantitative estimate of drug-likeness (QED) is 0.837. The number of rotatable bonds is 2. The summed E-state index contributed by atoms with van der Waals surface area (Å²) in [5, 5.41) is 6.41. The second kappa shape index (κ2) is 4.40. The second-order valence-electron chi connectivity index (χ2n) is 6.00. The zero-order valence-corrected chi connectivity index (χ0v) is 11.2. The van der Waals surface area contributed by atoms with Crippen LogP contribution in [0.5, 0.6) is 0 Å². The lowest BCUT2D eigenvalue weighted by Gasteiger charge is -2.25. The van der Waals surface area contributed by atoms with Crippen LogP contribution in [-0.2, 0) is 6.42 Å². The first kappa shape index (κ1) is 11.7. The summed E-state index contributed by atoms with van der Waals surface area (Å²) in [5.74, 6) is 0. The van der Waals surface area contributed by atoms with E-state index in [1.807, 2.05) is 0 Å². The van der Waals surface area contributed by atoms with Crippen molar-refractivity contribution in [1.82, 2.24) is 5.32 Å². The van der Waals surface area contributed by atoms with Gasteiger partial charge in [0.1, 0.15) is 0 Å². The molecule has 3 rings (SSSR count). The van der Waals surface area contributed by atoms with Crippen molar-refractivity contribution >= 4 is 10.8 Å². The van der Waals surface area contributed by atoms with E-state index in [1.165, 1.54) is 29.2 Å². The Morgan fingerprint density at radius 3 is 2.67 bits per heavy atom. The predicted molar refractivity (Wildman–Crippen MR) is 77.9 cm³/mol. The van der Waals surface area contributed by atoms with Crippen molar-refractivity contribution in [3.8, 4) is 0 Å². The summed E-state index contributed by atoms with van der Waals surface area (Å²) in [4.78, 5) is 0. The van der Waals surface area contributed by atoms with Crippen LogP contribution in [-0.4, -0.2) is 11.6 Å². The van der Waals surface area contributed by atoms with Gasteiger partial charge in [-0.15, -0.1) is 0 Å². The normalized spacial score (nSPS) is 27.8. The lowest BCUT2D eigenvalue weighted by Crippen LogP contribution is -2.41. The molecule has 1 aliphatic rings. The Kier molecular flexibility index (Phi) is 2.87. The van der Waals surface area contributed by atoms with Crippen molar-refractivity contribution in [2.24, 2.45) is 0 Å². The van der Waals surface area contributed by atoms with Crippen LogP contribution in [0.3, 0.4) is 0 Å². The molecule has 2 aromatic rings. The molecule has 1 saturated heterocycles. The Balaban J connectivity index is 1.86. The van der Waals surface area contributed by atoms with E-state index < -0.39 is 0 Å². The van der Waals surface area contributed by atoms with Crippen LogP contribution in [0.1, 0.15) is 32.3 Å². The van der Waals surface area contributed by atoms with Gasteiger partial charge in [-0.1, -0.05) is 42.5 Å². The number of fused-ring (bicyclic) bond motifs is 1. The minimum absolute atomic E-state index is 0.280. The van der Waals surface area contributed by atoms with Gasteiger partial charge in [0.25, 0.3) is 0 Å². The summed E-state index contributed by atoms with van der Waals surface area (Å²) >= 11 is 0. The van der Waals surface area contributed by atoms with Crippen LogP contribution in [0.4, 0.5) is 0 Å². The third-order valence-electron chi connectivity index (χ3n) is 4.13. The summed E-state index contributed by atoms with van der Waals surface area (Å²) in [7, 11) is 0. The lowest BCUT2D eigenvalue weighted by atomic mass is 9.90. The molecule has 2 atom stereocenters. The average molecular weight is 239 g/mol. The highest BCUT2D eigenvalue weighted by atomic mass is 15.0. The molecule has 1 heterocycles. The zero-order chi connectivity index (χ0) is 12.6. The van der Waals surface area contributed by atoms with Gasteiger partial charge < -0.3 is 5.32 Å². The van der Waals surface area contributed by atoms with Gasteiger partial charge in [-0.2, -0.15) is 0 Å². The highest BCUT2D eigenvalue weighted by Gasteiger charge is 2.31. The summed E-state index contributed by atoms with van der Waals surface area (Å²) in [6, 6.07) is 16.1. The largest absolute Gasteiger partial charge is 0.309 e. The molecule has 1 nitrogen and oxygen atoms in total. The van der Waals surface area contributed by atoms with Gasteiger partial charge >= 0.3 is 0 Å². The van der Waals surface area contributed by atoms with Crippen molar-refractivity contribution in [1.29, 1.82) is 0 Å². The van der Waals surface area contributed by atoms with E-state index in [1.54, 1.807) is 0 Å². The summed E-state index contributed by atoms with van der Waals surface area (Å²) in [6.07, 6.45) is 3.70. The Labute approximate surface area is 109 Å². The molecular formula is C17H21N. The predicted octanol–water partition coefficient (Wildman–Crippen LogP) is 3.91. The molecule has 2 aromatic carbocycles.